The van der Waals surface area contributed by atoms with Crippen LogP contribution in [0.5, 0.6) is 5.75 Å². The van der Waals surface area contributed by atoms with Gasteiger partial charge in [-0.05, 0) is 43.7 Å². The van der Waals surface area contributed by atoms with Crippen LogP contribution in [0.3, 0.4) is 0 Å². The van der Waals surface area contributed by atoms with Crippen LogP contribution in [-0.4, -0.2) is 29.8 Å². The van der Waals surface area contributed by atoms with Crippen molar-refractivity contribution in [3.63, 3.8) is 0 Å². The number of aromatic nitrogens is 1. The fraction of sp³-hybridized carbons (Fsp3) is 0.381. The topological polar surface area (TPSA) is 34.6 Å². The zero-order valence-corrected chi connectivity index (χ0v) is 15.8. The zero-order chi connectivity index (χ0) is 18.2. The number of para-hydroxylation sites is 1. The Morgan fingerprint density at radius 1 is 1.26 bits per heavy atom. The monoisotopic (exact) mass is 384 g/mol. The molecule has 0 aliphatic carbocycles. The van der Waals surface area contributed by atoms with Gasteiger partial charge in [-0.2, -0.15) is 0 Å². The summed E-state index contributed by atoms with van der Waals surface area (Å²) in [5.74, 6) is 1.01. The fourth-order valence-electron chi connectivity index (χ4n) is 4.08. The molecule has 0 spiro atoms. The lowest BCUT2D eigenvalue weighted by Gasteiger charge is -2.32. The molecular formula is C21H21FN2O2S. The molecule has 2 aliphatic rings. The molecule has 1 fully saturated rings. The van der Waals surface area contributed by atoms with E-state index in [4.69, 9.17) is 14.5 Å². The number of likely N-dealkylation sites (tertiary alicyclic amines) is 1. The van der Waals surface area contributed by atoms with Crippen LogP contribution in [-0.2, 0) is 17.9 Å². The maximum absolute atomic E-state index is 14.0. The lowest BCUT2D eigenvalue weighted by atomic mass is 9.97. The standard InChI is InChI=1S/C21H21FN2O2S/c22-17-8-15(20-16(9-17)12-25-13-26-20)11-24-7-3-4-14(10-24)21-23-18-5-1-2-6-19(18)27-21/h1-2,5-6,8-9,14H,3-4,7,10-13H2/t14-/m0/s1. The summed E-state index contributed by atoms with van der Waals surface area (Å²) in [4.78, 5) is 7.25. The molecule has 140 valence electrons. The molecule has 3 heterocycles. The maximum atomic E-state index is 14.0. The van der Waals surface area contributed by atoms with Gasteiger partial charge in [-0.3, -0.25) is 4.90 Å². The Kier molecular flexibility index (Phi) is 4.55. The van der Waals surface area contributed by atoms with Gasteiger partial charge in [0.1, 0.15) is 11.6 Å². The first-order valence-electron chi connectivity index (χ1n) is 9.36. The molecular weight excluding hydrogens is 363 g/mol. The van der Waals surface area contributed by atoms with Crippen molar-refractivity contribution in [1.82, 2.24) is 9.88 Å². The Morgan fingerprint density at radius 2 is 2.19 bits per heavy atom. The first kappa shape index (κ1) is 17.1. The van der Waals surface area contributed by atoms with Crippen molar-refractivity contribution >= 4 is 21.6 Å². The third-order valence-electron chi connectivity index (χ3n) is 5.31. The van der Waals surface area contributed by atoms with Gasteiger partial charge >= 0.3 is 0 Å². The lowest BCUT2D eigenvalue weighted by Crippen LogP contribution is -2.34. The van der Waals surface area contributed by atoms with Crippen LogP contribution < -0.4 is 4.74 Å². The highest BCUT2D eigenvalue weighted by molar-refractivity contribution is 7.18. The molecule has 0 N–H and O–H groups in total. The molecule has 0 radical (unpaired) electrons. The molecule has 0 bridgehead atoms. The van der Waals surface area contributed by atoms with E-state index in [-0.39, 0.29) is 12.6 Å². The third-order valence-corrected chi connectivity index (χ3v) is 6.51. The van der Waals surface area contributed by atoms with Gasteiger partial charge in [-0.1, -0.05) is 12.1 Å². The number of hydrogen-bond donors (Lipinski definition) is 0. The summed E-state index contributed by atoms with van der Waals surface area (Å²) in [6, 6.07) is 11.4. The predicted molar refractivity (Wildman–Crippen MR) is 104 cm³/mol. The minimum atomic E-state index is -0.224. The Balaban J connectivity index is 1.36. The van der Waals surface area contributed by atoms with Crippen LogP contribution in [0.15, 0.2) is 36.4 Å². The van der Waals surface area contributed by atoms with Gasteiger partial charge in [0, 0.05) is 30.1 Å². The summed E-state index contributed by atoms with van der Waals surface area (Å²) >= 11 is 1.80. The Hall–Kier alpha value is -2.02. The van der Waals surface area contributed by atoms with E-state index in [9.17, 15) is 4.39 Å². The normalized spacial score (nSPS) is 20.4. The quantitative estimate of drug-likeness (QED) is 0.657. The van der Waals surface area contributed by atoms with Crippen molar-refractivity contribution in [2.24, 2.45) is 0 Å². The van der Waals surface area contributed by atoms with Gasteiger partial charge in [0.2, 0.25) is 0 Å². The smallest absolute Gasteiger partial charge is 0.189 e. The number of halogens is 1. The largest absolute Gasteiger partial charge is 0.467 e. The molecule has 1 saturated heterocycles. The number of fused-ring (bicyclic) bond motifs is 2. The summed E-state index contributed by atoms with van der Waals surface area (Å²) in [7, 11) is 0. The summed E-state index contributed by atoms with van der Waals surface area (Å²) in [6.45, 7) is 3.31. The Labute approximate surface area is 161 Å². The Bertz CT molecular complexity index is 941. The molecule has 2 aliphatic heterocycles. The van der Waals surface area contributed by atoms with E-state index in [2.05, 4.69) is 23.1 Å². The van der Waals surface area contributed by atoms with E-state index in [1.165, 1.54) is 15.8 Å². The predicted octanol–water partition coefficient (Wildman–Crippen LogP) is 4.68. The van der Waals surface area contributed by atoms with Crippen molar-refractivity contribution < 1.29 is 13.9 Å². The first-order valence-corrected chi connectivity index (χ1v) is 10.2. The SMILES string of the molecule is Fc1cc2c(c(CN3CCC[C@H](c4nc5ccccc5s4)C3)c1)OCOC2. The second-order valence-corrected chi connectivity index (χ2v) is 8.32. The number of ether oxygens (including phenoxy) is 2. The lowest BCUT2D eigenvalue weighted by molar-refractivity contribution is -0.0178. The van der Waals surface area contributed by atoms with Crippen LogP contribution in [0.1, 0.15) is 34.9 Å². The molecule has 0 unspecified atom stereocenters. The van der Waals surface area contributed by atoms with E-state index >= 15 is 0 Å². The summed E-state index contributed by atoms with van der Waals surface area (Å²) in [6.07, 6.45) is 2.28. The molecule has 0 saturated carbocycles. The van der Waals surface area contributed by atoms with Crippen molar-refractivity contribution in [3.8, 4) is 5.75 Å². The van der Waals surface area contributed by atoms with Gasteiger partial charge in [-0.15, -0.1) is 11.3 Å². The number of nitrogens with zero attached hydrogens (tertiary/aromatic N) is 2. The number of benzene rings is 2. The van der Waals surface area contributed by atoms with Crippen LogP contribution >= 0.6 is 11.3 Å². The highest BCUT2D eigenvalue weighted by Crippen LogP contribution is 2.35. The molecule has 1 aromatic heterocycles. The fourth-order valence-corrected chi connectivity index (χ4v) is 5.17. The zero-order valence-electron chi connectivity index (χ0n) is 15.0. The average molecular weight is 384 g/mol. The third kappa shape index (κ3) is 3.45. The van der Waals surface area contributed by atoms with Gasteiger partial charge in [-0.25, -0.2) is 9.37 Å². The molecule has 2 aromatic carbocycles. The van der Waals surface area contributed by atoms with Crippen molar-refractivity contribution in [1.29, 1.82) is 0 Å². The molecule has 6 heteroatoms. The van der Waals surface area contributed by atoms with Crippen LogP contribution in [0.25, 0.3) is 10.2 Å². The highest BCUT2D eigenvalue weighted by Gasteiger charge is 2.26. The second kappa shape index (κ2) is 7.19. The van der Waals surface area contributed by atoms with Gasteiger partial charge in [0.15, 0.2) is 6.79 Å². The van der Waals surface area contributed by atoms with Crippen LogP contribution in [0, 0.1) is 5.82 Å². The van der Waals surface area contributed by atoms with E-state index in [0.29, 0.717) is 19.1 Å². The van der Waals surface area contributed by atoms with E-state index in [1.54, 1.807) is 17.4 Å². The molecule has 5 rings (SSSR count). The number of rotatable bonds is 3. The molecule has 1 atom stereocenters. The average Bonchev–Trinajstić information content (AvgIpc) is 3.12. The van der Waals surface area contributed by atoms with Gasteiger partial charge in [0.25, 0.3) is 0 Å². The van der Waals surface area contributed by atoms with Crippen molar-refractivity contribution in [2.75, 3.05) is 19.9 Å². The number of thiazole rings is 1. The minimum absolute atomic E-state index is 0.224. The van der Waals surface area contributed by atoms with E-state index in [1.807, 2.05) is 6.07 Å². The van der Waals surface area contributed by atoms with Crippen molar-refractivity contribution in [3.05, 3.63) is 58.3 Å². The van der Waals surface area contributed by atoms with E-state index in [0.717, 1.165) is 48.3 Å². The van der Waals surface area contributed by atoms with Gasteiger partial charge in [0.05, 0.1) is 21.8 Å². The molecule has 4 nitrogen and oxygen atoms in total. The number of piperidine rings is 1. The van der Waals surface area contributed by atoms with Gasteiger partial charge < -0.3 is 9.47 Å². The highest BCUT2D eigenvalue weighted by atomic mass is 32.1. The van der Waals surface area contributed by atoms with Crippen LogP contribution in [0.2, 0.25) is 0 Å². The second-order valence-electron chi connectivity index (χ2n) is 7.26. The van der Waals surface area contributed by atoms with Crippen LogP contribution in [0.4, 0.5) is 4.39 Å². The first-order chi connectivity index (χ1) is 13.3. The molecule has 0 amide bonds. The minimum Gasteiger partial charge on any atom is -0.467 e. The van der Waals surface area contributed by atoms with Crippen molar-refractivity contribution in [2.45, 2.75) is 31.9 Å². The summed E-state index contributed by atoms with van der Waals surface area (Å²) in [5.41, 5.74) is 2.80. The summed E-state index contributed by atoms with van der Waals surface area (Å²) < 4.78 is 26.2. The maximum Gasteiger partial charge on any atom is 0.189 e. The molecule has 27 heavy (non-hydrogen) atoms. The summed E-state index contributed by atoms with van der Waals surface area (Å²) in [5, 5.41) is 1.21. The number of hydrogen-bond acceptors (Lipinski definition) is 5. The van der Waals surface area contributed by atoms with E-state index < -0.39 is 0 Å². The Morgan fingerprint density at radius 3 is 3.11 bits per heavy atom. The molecule has 3 aromatic rings.